The zero-order valence-corrected chi connectivity index (χ0v) is 19.7. The number of aliphatic hydroxyl groups is 1. The number of benzene rings is 1. The molecule has 0 radical (unpaired) electrons. The molecule has 31 heavy (non-hydrogen) atoms. The molecule has 0 heterocycles. The van der Waals surface area contributed by atoms with Crippen LogP contribution in [0.4, 0.5) is 5.69 Å². The van der Waals surface area contributed by atoms with Gasteiger partial charge in [-0.1, -0.05) is 24.2 Å². The van der Waals surface area contributed by atoms with E-state index in [1.54, 1.807) is 0 Å². The van der Waals surface area contributed by atoms with E-state index in [1.807, 2.05) is 6.92 Å². The van der Waals surface area contributed by atoms with Crippen molar-refractivity contribution in [2.24, 2.45) is 40.2 Å². The Balaban J connectivity index is 1.55. The molecule has 5 rings (SSSR count). The average molecular weight is 425 g/mol. The molecule has 4 heteroatoms. The van der Waals surface area contributed by atoms with Crippen molar-refractivity contribution in [1.29, 1.82) is 0 Å². The Kier molecular flexibility index (Phi) is 5.16. The Bertz CT molecular complexity index is 845. The van der Waals surface area contributed by atoms with Gasteiger partial charge in [0.25, 0.3) is 0 Å². The third-order valence-electron chi connectivity index (χ3n) is 9.94. The lowest BCUT2D eigenvalue weighted by molar-refractivity contribution is -0.0956. The summed E-state index contributed by atoms with van der Waals surface area (Å²) in [5.74, 6) is 3.93. The van der Waals surface area contributed by atoms with E-state index in [4.69, 9.17) is 0 Å². The fraction of sp³-hybridized carbons (Fsp3) is 0.741. The number of hydrogen-bond acceptors (Lipinski definition) is 4. The summed E-state index contributed by atoms with van der Waals surface area (Å²) in [7, 11) is 4.19. The van der Waals surface area contributed by atoms with Gasteiger partial charge in [-0.3, -0.25) is 0 Å². The van der Waals surface area contributed by atoms with Crippen LogP contribution in [0.25, 0.3) is 0 Å². The van der Waals surface area contributed by atoms with Crippen LogP contribution in [0.3, 0.4) is 0 Å². The first-order chi connectivity index (χ1) is 14.7. The minimum atomic E-state index is -0.482. The summed E-state index contributed by atoms with van der Waals surface area (Å²) >= 11 is 0. The maximum atomic E-state index is 10.8. The molecule has 4 saturated carbocycles. The Morgan fingerprint density at radius 2 is 1.71 bits per heavy atom. The average Bonchev–Trinajstić information content (AvgIpc) is 3.08. The highest BCUT2D eigenvalue weighted by Gasteiger charge is 2.60. The number of oxime groups is 1. The van der Waals surface area contributed by atoms with E-state index in [-0.39, 0.29) is 5.41 Å². The van der Waals surface area contributed by atoms with Crippen LogP contribution < -0.4 is 4.90 Å². The monoisotopic (exact) mass is 424 g/mol. The highest BCUT2D eigenvalue weighted by atomic mass is 16.4. The molecule has 1 aromatic carbocycles. The van der Waals surface area contributed by atoms with Crippen LogP contribution >= 0.6 is 0 Å². The molecule has 4 fully saturated rings. The normalized spacial score (nSPS) is 45.6. The molecular weight excluding hydrogens is 384 g/mol. The molecule has 4 aliphatic carbocycles. The molecule has 0 aromatic heterocycles. The third kappa shape index (κ3) is 3.41. The van der Waals surface area contributed by atoms with Crippen molar-refractivity contribution in [3.05, 3.63) is 29.8 Å². The van der Waals surface area contributed by atoms with Crippen LogP contribution in [0.5, 0.6) is 0 Å². The molecule has 1 aromatic rings. The lowest BCUT2D eigenvalue weighted by atomic mass is 9.46. The predicted molar refractivity (Wildman–Crippen MR) is 126 cm³/mol. The van der Waals surface area contributed by atoms with Crippen LogP contribution in [0.15, 0.2) is 29.4 Å². The van der Waals surface area contributed by atoms with Gasteiger partial charge in [0, 0.05) is 25.2 Å². The van der Waals surface area contributed by atoms with Crippen LogP contribution in [0.1, 0.15) is 76.7 Å². The maximum absolute atomic E-state index is 10.8. The number of anilines is 1. The molecule has 170 valence electrons. The van der Waals surface area contributed by atoms with Gasteiger partial charge in [0.1, 0.15) is 0 Å². The van der Waals surface area contributed by atoms with Gasteiger partial charge in [0.15, 0.2) is 0 Å². The van der Waals surface area contributed by atoms with Crippen molar-refractivity contribution in [3.63, 3.8) is 0 Å². The molecule has 2 N–H and O–H groups in total. The minimum absolute atomic E-state index is 0.0216. The van der Waals surface area contributed by atoms with Crippen LogP contribution in [0.2, 0.25) is 0 Å². The zero-order chi connectivity index (χ0) is 22.0. The first-order valence-corrected chi connectivity index (χ1v) is 12.4. The number of hydrogen-bond donors (Lipinski definition) is 2. The third-order valence-corrected chi connectivity index (χ3v) is 9.94. The molecule has 0 amide bonds. The lowest BCUT2D eigenvalue weighted by Crippen LogP contribution is -2.53. The molecule has 0 bridgehead atoms. The molecular formula is C27H40N2O2. The van der Waals surface area contributed by atoms with Crippen molar-refractivity contribution < 1.29 is 10.3 Å². The minimum Gasteiger partial charge on any atom is -0.411 e. The van der Waals surface area contributed by atoms with Gasteiger partial charge < -0.3 is 15.2 Å². The SMILES string of the molecule is CN(C)c1ccc([C@H]2C[C@]3(C)C(=NO)CC[C@H]3[C@@H]3CC[C@H]4C[C@](C)(O)CC[C@@H]4[C@H]32)cc1. The van der Waals surface area contributed by atoms with Crippen LogP contribution in [0, 0.1) is 35.0 Å². The Labute approximate surface area is 187 Å². The van der Waals surface area contributed by atoms with Crippen molar-refractivity contribution in [3.8, 4) is 0 Å². The molecule has 0 spiro atoms. The molecule has 0 aliphatic heterocycles. The van der Waals surface area contributed by atoms with Gasteiger partial charge in [-0.05, 0) is 111 Å². The van der Waals surface area contributed by atoms with E-state index in [0.717, 1.165) is 43.7 Å². The largest absolute Gasteiger partial charge is 0.411 e. The quantitative estimate of drug-likeness (QED) is 0.474. The second-order valence-corrected chi connectivity index (χ2v) is 11.9. The molecule has 4 nitrogen and oxygen atoms in total. The lowest BCUT2D eigenvalue weighted by Gasteiger charge is -2.59. The fourth-order valence-corrected chi connectivity index (χ4v) is 8.52. The van der Waals surface area contributed by atoms with E-state index >= 15 is 0 Å². The smallest absolute Gasteiger partial charge is 0.0632 e. The summed E-state index contributed by atoms with van der Waals surface area (Å²) in [6, 6.07) is 9.24. The van der Waals surface area contributed by atoms with Crippen molar-refractivity contribution in [1.82, 2.24) is 0 Å². The fourth-order valence-electron chi connectivity index (χ4n) is 8.52. The van der Waals surface area contributed by atoms with Gasteiger partial charge >= 0.3 is 0 Å². The zero-order valence-electron chi connectivity index (χ0n) is 19.7. The van der Waals surface area contributed by atoms with Crippen molar-refractivity contribution >= 4 is 11.4 Å². The first kappa shape index (κ1) is 21.3. The summed E-state index contributed by atoms with van der Waals surface area (Å²) in [6.45, 7) is 4.43. The van der Waals surface area contributed by atoms with Gasteiger partial charge in [-0.25, -0.2) is 0 Å². The van der Waals surface area contributed by atoms with E-state index in [2.05, 4.69) is 55.3 Å². The Morgan fingerprint density at radius 1 is 0.968 bits per heavy atom. The molecule has 0 unspecified atom stereocenters. The van der Waals surface area contributed by atoms with E-state index in [0.29, 0.717) is 29.6 Å². The van der Waals surface area contributed by atoms with Crippen LogP contribution in [-0.2, 0) is 0 Å². The van der Waals surface area contributed by atoms with Gasteiger partial charge in [0.2, 0.25) is 0 Å². The van der Waals surface area contributed by atoms with Gasteiger partial charge in [-0.2, -0.15) is 0 Å². The van der Waals surface area contributed by atoms with E-state index in [9.17, 15) is 10.3 Å². The van der Waals surface area contributed by atoms with Crippen molar-refractivity contribution in [2.45, 2.75) is 76.7 Å². The summed E-state index contributed by atoms with van der Waals surface area (Å²) < 4.78 is 0. The Morgan fingerprint density at radius 3 is 2.39 bits per heavy atom. The number of rotatable bonds is 2. The van der Waals surface area contributed by atoms with Crippen LogP contribution in [-0.4, -0.2) is 35.7 Å². The second kappa shape index (κ2) is 7.50. The second-order valence-electron chi connectivity index (χ2n) is 11.9. The standard InChI is InChI=1S/C27H40N2O2/c1-26(30)14-13-20-18(15-26)7-10-21-23-11-12-24(28-31)27(23,2)16-22(25(20)21)17-5-8-19(9-6-17)29(3)4/h5-6,8-9,18,20-23,25,30-31H,7,10-16H2,1-4H3/t18-,20-,21-,22+,23-,25+,26+,27-/m0/s1. The highest BCUT2D eigenvalue weighted by molar-refractivity contribution is 5.92. The predicted octanol–water partition coefficient (Wildman–Crippen LogP) is 5.68. The highest BCUT2D eigenvalue weighted by Crippen LogP contribution is 2.65. The van der Waals surface area contributed by atoms with E-state index in [1.165, 1.54) is 30.5 Å². The van der Waals surface area contributed by atoms with Crippen molar-refractivity contribution in [2.75, 3.05) is 19.0 Å². The Hall–Kier alpha value is -1.55. The topological polar surface area (TPSA) is 56.1 Å². The molecule has 4 aliphatic rings. The van der Waals surface area contributed by atoms with Gasteiger partial charge in [-0.15, -0.1) is 0 Å². The number of nitrogens with zero attached hydrogens (tertiary/aromatic N) is 2. The summed E-state index contributed by atoms with van der Waals surface area (Å²) in [5.41, 5.74) is 3.29. The number of fused-ring (bicyclic) bond motifs is 5. The van der Waals surface area contributed by atoms with Gasteiger partial charge in [0.05, 0.1) is 11.3 Å². The van der Waals surface area contributed by atoms with E-state index < -0.39 is 5.60 Å². The summed E-state index contributed by atoms with van der Waals surface area (Å²) in [5, 5.41) is 24.4. The molecule has 0 saturated heterocycles. The first-order valence-electron chi connectivity index (χ1n) is 12.4. The summed E-state index contributed by atoms with van der Waals surface area (Å²) in [4.78, 5) is 2.16. The maximum Gasteiger partial charge on any atom is 0.0632 e. The summed E-state index contributed by atoms with van der Waals surface area (Å²) in [6.07, 6.45) is 8.83. The molecule has 8 atom stereocenters.